The number of hydrogen-bond acceptors (Lipinski definition) is 5. The molecule has 5 nitrogen and oxygen atoms in total. The largest absolute Gasteiger partial charge is 0.486 e. The number of nitrogens with zero attached hydrogens (tertiary/aromatic N) is 1. The molecule has 0 unspecified atom stereocenters. The van der Waals surface area contributed by atoms with Gasteiger partial charge in [0, 0.05) is 29.6 Å². The van der Waals surface area contributed by atoms with Crippen molar-refractivity contribution in [3.8, 4) is 5.75 Å². The Kier molecular flexibility index (Phi) is 4.56. The third-order valence-electron chi connectivity index (χ3n) is 5.90. The number of ether oxygens (including phenoxy) is 1. The van der Waals surface area contributed by atoms with Gasteiger partial charge in [0.05, 0.1) is 9.90 Å². The first-order valence-corrected chi connectivity index (χ1v) is 10.8. The van der Waals surface area contributed by atoms with Gasteiger partial charge in [-0.1, -0.05) is 17.7 Å². The normalized spacial score (nSPS) is 24.1. The molecular formula is C22H18ClFN2O3S. The average Bonchev–Trinajstić information content (AvgIpc) is 3.10. The van der Waals surface area contributed by atoms with Gasteiger partial charge < -0.3 is 10.1 Å². The smallest absolute Gasteiger partial charge is 0.261 e. The van der Waals surface area contributed by atoms with Crippen LogP contribution in [0.25, 0.3) is 10.2 Å². The molecule has 0 atom stereocenters. The first-order valence-electron chi connectivity index (χ1n) is 9.62. The number of ketones is 1. The number of Topliss-reactive ketones (excluding diaryl/α,β-unsaturated/α-hetero) is 1. The van der Waals surface area contributed by atoms with Crippen molar-refractivity contribution >= 4 is 44.8 Å². The Balaban J connectivity index is 1.12. The molecule has 2 heterocycles. The summed E-state index contributed by atoms with van der Waals surface area (Å²) in [7, 11) is 0. The molecule has 8 heteroatoms. The summed E-state index contributed by atoms with van der Waals surface area (Å²) in [4.78, 5) is 30.7. The predicted octanol–water partition coefficient (Wildman–Crippen LogP) is 4.78. The molecule has 3 aliphatic carbocycles. The molecule has 0 radical (unpaired) electrons. The zero-order valence-electron chi connectivity index (χ0n) is 15.9. The van der Waals surface area contributed by atoms with Crippen LogP contribution in [0.2, 0.25) is 5.02 Å². The maximum absolute atomic E-state index is 13.4. The van der Waals surface area contributed by atoms with Crippen molar-refractivity contribution in [2.45, 2.75) is 31.2 Å². The zero-order valence-corrected chi connectivity index (χ0v) is 17.5. The summed E-state index contributed by atoms with van der Waals surface area (Å²) in [5.41, 5.74) is -0.234. The molecule has 0 spiro atoms. The van der Waals surface area contributed by atoms with E-state index >= 15 is 0 Å². The topological polar surface area (TPSA) is 68.3 Å². The Hall–Kier alpha value is -2.51. The fraction of sp³-hybridized carbons (Fsp3) is 0.318. The van der Waals surface area contributed by atoms with Crippen LogP contribution < -0.4 is 10.1 Å². The predicted molar refractivity (Wildman–Crippen MR) is 113 cm³/mol. The Morgan fingerprint density at radius 3 is 2.77 bits per heavy atom. The highest BCUT2D eigenvalue weighted by Gasteiger charge is 2.68. The van der Waals surface area contributed by atoms with Crippen LogP contribution in [0.4, 0.5) is 4.39 Å². The van der Waals surface area contributed by atoms with Crippen LogP contribution >= 0.6 is 22.9 Å². The van der Waals surface area contributed by atoms with Crippen LogP contribution in [0.1, 0.15) is 35.4 Å². The summed E-state index contributed by atoms with van der Waals surface area (Å²) in [6.07, 6.45) is 4.53. The van der Waals surface area contributed by atoms with Gasteiger partial charge in [0.25, 0.3) is 5.91 Å². The van der Waals surface area contributed by atoms with Gasteiger partial charge >= 0.3 is 0 Å². The average molecular weight is 445 g/mol. The van der Waals surface area contributed by atoms with Gasteiger partial charge in [-0.05, 0) is 48.9 Å². The Morgan fingerprint density at radius 1 is 1.23 bits per heavy atom. The van der Waals surface area contributed by atoms with Crippen LogP contribution in [0.5, 0.6) is 5.75 Å². The molecule has 0 aliphatic heterocycles. The Morgan fingerprint density at radius 2 is 2.03 bits per heavy atom. The number of carbonyl (C=O) groups excluding carboxylic acids is 2. The highest BCUT2D eigenvalue weighted by atomic mass is 35.5. The summed E-state index contributed by atoms with van der Waals surface area (Å²) in [5, 5.41) is 4.13. The Bertz CT molecular complexity index is 1130. The number of nitrogens with one attached hydrogen (secondary N) is 1. The minimum atomic E-state index is -0.576. The molecule has 3 aromatic rings. The number of aromatic nitrogens is 1. The first-order chi connectivity index (χ1) is 14.4. The SMILES string of the molecule is O=C(COc1ccc(Cl)c(F)c1)CC12CC(NC(=O)c3cc4cccnc4s3)(C1)C2. The van der Waals surface area contributed by atoms with E-state index in [0.717, 1.165) is 29.5 Å². The maximum Gasteiger partial charge on any atom is 0.261 e. The number of halogens is 2. The molecule has 1 amide bonds. The number of fused-ring (bicyclic) bond motifs is 1. The summed E-state index contributed by atoms with van der Waals surface area (Å²) in [6.45, 7) is -0.100. The van der Waals surface area contributed by atoms with Crippen LogP contribution in [0, 0.1) is 11.2 Å². The minimum Gasteiger partial charge on any atom is -0.486 e. The number of benzene rings is 1. The van der Waals surface area contributed by atoms with E-state index in [1.54, 1.807) is 6.20 Å². The summed E-state index contributed by atoms with van der Waals surface area (Å²) >= 11 is 7.03. The molecular weight excluding hydrogens is 427 g/mol. The molecule has 154 valence electrons. The van der Waals surface area contributed by atoms with E-state index in [1.165, 1.54) is 29.5 Å². The molecule has 1 aromatic carbocycles. The van der Waals surface area contributed by atoms with E-state index in [9.17, 15) is 14.0 Å². The van der Waals surface area contributed by atoms with E-state index in [4.69, 9.17) is 16.3 Å². The van der Waals surface area contributed by atoms with Crippen LogP contribution in [0.15, 0.2) is 42.6 Å². The molecule has 1 N–H and O–H groups in total. The van der Waals surface area contributed by atoms with Crippen molar-refractivity contribution in [1.82, 2.24) is 10.3 Å². The van der Waals surface area contributed by atoms with Gasteiger partial charge in [-0.25, -0.2) is 9.37 Å². The fourth-order valence-electron chi connectivity index (χ4n) is 4.81. The van der Waals surface area contributed by atoms with Gasteiger partial charge in [-0.3, -0.25) is 9.59 Å². The highest BCUT2D eigenvalue weighted by Crippen LogP contribution is 2.69. The number of amides is 1. The molecule has 2 aromatic heterocycles. The monoisotopic (exact) mass is 444 g/mol. The second kappa shape index (κ2) is 7.03. The second-order valence-corrected chi connectivity index (χ2v) is 9.79. The van der Waals surface area contributed by atoms with E-state index < -0.39 is 5.82 Å². The highest BCUT2D eigenvalue weighted by molar-refractivity contribution is 7.20. The lowest BCUT2D eigenvalue weighted by Crippen LogP contribution is -2.75. The van der Waals surface area contributed by atoms with Crippen molar-refractivity contribution < 1.29 is 18.7 Å². The number of pyridine rings is 1. The van der Waals surface area contributed by atoms with E-state index in [2.05, 4.69) is 10.3 Å². The van der Waals surface area contributed by atoms with E-state index in [-0.39, 0.29) is 40.0 Å². The third kappa shape index (κ3) is 3.46. The van der Waals surface area contributed by atoms with Crippen LogP contribution in [-0.2, 0) is 4.79 Å². The minimum absolute atomic E-state index is 0.0156. The fourth-order valence-corrected chi connectivity index (χ4v) is 5.82. The quantitative estimate of drug-likeness (QED) is 0.569. The van der Waals surface area contributed by atoms with Crippen molar-refractivity contribution in [1.29, 1.82) is 0 Å². The first kappa shape index (κ1) is 19.5. The van der Waals surface area contributed by atoms with Gasteiger partial charge in [-0.15, -0.1) is 11.3 Å². The van der Waals surface area contributed by atoms with Crippen LogP contribution in [0.3, 0.4) is 0 Å². The standard InChI is InChI=1S/C22H18ClFN2O3S/c23-16-4-3-15(7-17(16)24)29-9-14(27)8-21-10-22(11-21,12-21)26-19(28)18-6-13-2-1-5-25-20(13)30-18/h1-7H,8-12H2,(H,26,28). The molecule has 3 saturated carbocycles. The van der Waals surface area contributed by atoms with E-state index in [1.807, 2.05) is 18.2 Å². The molecule has 2 bridgehead atoms. The zero-order chi connectivity index (χ0) is 20.9. The molecule has 3 aliphatic rings. The van der Waals surface area contributed by atoms with Gasteiger partial charge in [0.2, 0.25) is 0 Å². The van der Waals surface area contributed by atoms with Crippen molar-refractivity contribution in [3.63, 3.8) is 0 Å². The van der Waals surface area contributed by atoms with Crippen LogP contribution in [-0.4, -0.2) is 28.8 Å². The Labute approximate surface area is 181 Å². The number of carbonyl (C=O) groups is 2. The summed E-state index contributed by atoms with van der Waals surface area (Å²) in [5.74, 6) is -0.399. The van der Waals surface area contributed by atoms with Crippen molar-refractivity contribution in [2.24, 2.45) is 5.41 Å². The number of thiophene rings is 1. The van der Waals surface area contributed by atoms with Crippen molar-refractivity contribution in [2.75, 3.05) is 6.61 Å². The molecule has 30 heavy (non-hydrogen) atoms. The summed E-state index contributed by atoms with van der Waals surface area (Å²) in [6, 6.07) is 9.77. The molecule has 3 fully saturated rings. The van der Waals surface area contributed by atoms with E-state index in [0.29, 0.717) is 11.3 Å². The second-order valence-electron chi connectivity index (χ2n) is 8.35. The number of rotatable bonds is 7. The lowest BCUT2D eigenvalue weighted by atomic mass is 9.38. The van der Waals surface area contributed by atoms with Gasteiger partial charge in [0.15, 0.2) is 5.78 Å². The maximum atomic E-state index is 13.4. The lowest BCUT2D eigenvalue weighted by Gasteiger charge is -2.70. The summed E-state index contributed by atoms with van der Waals surface area (Å²) < 4.78 is 18.8. The molecule has 6 rings (SSSR count). The van der Waals surface area contributed by atoms with Crippen molar-refractivity contribution in [3.05, 3.63) is 58.3 Å². The lowest BCUT2D eigenvalue weighted by molar-refractivity contribution is -0.162. The molecule has 0 saturated heterocycles. The van der Waals surface area contributed by atoms with Gasteiger partial charge in [0.1, 0.15) is 23.0 Å². The number of hydrogen-bond donors (Lipinski definition) is 1. The van der Waals surface area contributed by atoms with Gasteiger partial charge in [-0.2, -0.15) is 0 Å². The third-order valence-corrected chi connectivity index (χ3v) is 7.26.